The molecule has 2 aromatic carbocycles. The molecule has 7 heteroatoms. The van der Waals surface area contributed by atoms with E-state index in [2.05, 4.69) is 58.9 Å². The number of fused-ring (bicyclic) bond motifs is 2. The fourth-order valence-corrected chi connectivity index (χ4v) is 5.12. The lowest BCUT2D eigenvalue weighted by molar-refractivity contribution is 0.242. The molecule has 0 saturated carbocycles. The monoisotopic (exact) mass is 494 g/mol. The third kappa shape index (κ3) is 4.55. The maximum absolute atomic E-state index is 15.4. The van der Waals surface area contributed by atoms with Crippen LogP contribution >= 0.6 is 0 Å². The summed E-state index contributed by atoms with van der Waals surface area (Å²) in [7, 11) is 1.87. The molecule has 6 nitrogen and oxygen atoms in total. The largest absolute Gasteiger partial charge is 0.323 e. The number of aryl methyl sites for hydroxylation is 1. The molecule has 4 heterocycles. The number of hydrogen-bond acceptors (Lipinski definition) is 4. The number of pyridine rings is 1. The van der Waals surface area contributed by atoms with Gasteiger partial charge in [-0.15, -0.1) is 0 Å². The van der Waals surface area contributed by atoms with Gasteiger partial charge in [0.2, 0.25) is 0 Å². The minimum atomic E-state index is -0.195. The molecule has 0 unspecified atom stereocenters. The van der Waals surface area contributed by atoms with Crippen LogP contribution in [-0.2, 0) is 32.0 Å². The predicted octanol–water partition coefficient (Wildman–Crippen LogP) is 6.02. The average molecular weight is 495 g/mol. The molecule has 0 aliphatic carbocycles. The molecule has 0 atom stereocenters. The van der Waals surface area contributed by atoms with Crippen molar-refractivity contribution in [3.05, 3.63) is 89.1 Å². The topological polar surface area (TPSA) is 62.6 Å². The highest BCUT2D eigenvalue weighted by atomic mass is 19.1. The first-order valence-corrected chi connectivity index (χ1v) is 12.7. The maximum Gasteiger partial charge on any atom is 0.158 e. The van der Waals surface area contributed by atoms with Crippen molar-refractivity contribution in [1.82, 2.24) is 29.6 Å². The molecule has 0 radical (unpaired) electrons. The molecule has 0 saturated heterocycles. The number of aromatic nitrogens is 5. The van der Waals surface area contributed by atoms with E-state index in [1.54, 1.807) is 23.1 Å². The lowest BCUT2D eigenvalue weighted by Gasteiger charge is -2.30. The zero-order valence-electron chi connectivity index (χ0n) is 21.7. The third-order valence-corrected chi connectivity index (χ3v) is 7.28. The lowest BCUT2D eigenvalue weighted by Crippen LogP contribution is -2.30. The Balaban J connectivity index is 1.23. The number of imidazole rings is 1. The van der Waals surface area contributed by atoms with Gasteiger partial charge in [-0.2, -0.15) is 5.10 Å². The summed E-state index contributed by atoms with van der Waals surface area (Å²) in [5.74, 6) is 0.500. The van der Waals surface area contributed by atoms with E-state index in [0.29, 0.717) is 23.6 Å². The molecule has 37 heavy (non-hydrogen) atoms. The van der Waals surface area contributed by atoms with Gasteiger partial charge in [-0.1, -0.05) is 51.1 Å². The number of H-pyrrole nitrogens is 1. The van der Waals surface area contributed by atoms with Gasteiger partial charge in [0, 0.05) is 50.2 Å². The van der Waals surface area contributed by atoms with Gasteiger partial charge in [0.25, 0.3) is 0 Å². The number of benzene rings is 2. The zero-order chi connectivity index (χ0) is 25.7. The van der Waals surface area contributed by atoms with Gasteiger partial charge >= 0.3 is 0 Å². The SMILES string of the molecule is Cn1cc(-c2nc3c(-c4ccc(CN5CCc6cc(C(C)(C)C)ccc6C5)c(F)c4)ccnc3[nH]2)cn1. The summed E-state index contributed by atoms with van der Waals surface area (Å²) in [5.41, 5.74) is 8.90. The van der Waals surface area contributed by atoms with Crippen LogP contribution in [0.3, 0.4) is 0 Å². The van der Waals surface area contributed by atoms with Crippen LogP contribution in [0, 0.1) is 5.82 Å². The van der Waals surface area contributed by atoms with Crippen LogP contribution in [0.4, 0.5) is 4.39 Å². The zero-order valence-corrected chi connectivity index (χ0v) is 21.7. The Kier molecular flexibility index (Phi) is 5.68. The Morgan fingerprint density at radius 3 is 2.65 bits per heavy atom. The second-order valence-corrected chi connectivity index (χ2v) is 11.0. The number of nitrogens with one attached hydrogen (secondary N) is 1. The predicted molar refractivity (Wildman–Crippen MR) is 144 cm³/mol. The highest BCUT2D eigenvalue weighted by molar-refractivity contribution is 5.91. The Hall–Kier alpha value is -3.84. The fraction of sp³-hybridized carbons (Fsp3) is 0.300. The molecule has 5 aromatic rings. The highest BCUT2D eigenvalue weighted by Crippen LogP contribution is 2.31. The van der Waals surface area contributed by atoms with Crippen LogP contribution in [-0.4, -0.2) is 36.2 Å². The molecule has 1 aliphatic rings. The van der Waals surface area contributed by atoms with Gasteiger partial charge < -0.3 is 4.98 Å². The van der Waals surface area contributed by atoms with E-state index in [0.717, 1.165) is 41.7 Å². The molecule has 6 rings (SSSR count). The standard InChI is InChI=1S/C30H31FN6/c1-30(2,3)24-8-7-21-17-37(12-10-19(21)13-24)18-22-6-5-20(14-26(22)31)25-9-11-32-29-27(25)34-28(35-29)23-15-33-36(4)16-23/h5-9,11,13-16H,10,12,17-18H2,1-4H3,(H,32,34,35). The third-order valence-electron chi connectivity index (χ3n) is 7.28. The summed E-state index contributed by atoms with van der Waals surface area (Å²) in [6.45, 7) is 9.11. The van der Waals surface area contributed by atoms with Crippen LogP contribution in [0.15, 0.2) is 61.1 Å². The Labute approximate surface area is 216 Å². The highest BCUT2D eigenvalue weighted by Gasteiger charge is 2.21. The minimum absolute atomic E-state index is 0.146. The first-order valence-electron chi connectivity index (χ1n) is 12.7. The Morgan fingerprint density at radius 1 is 1.03 bits per heavy atom. The van der Waals surface area contributed by atoms with E-state index in [1.165, 1.54) is 16.7 Å². The second-order valence-electron chi connectivity index (χ2n) is 11.0. The van der Waals surface area contributed by atoms with Crippen LogP contribution in [0.25, 0.3) is 33.7 Å². The van der Waals surface area contributed by atoms with E-state index in [1.807, 2.05) is 31.4 Å². The van der Waals surface area contributed by atoms with Crippen molar-refractivity contribution < 1.29 is 4.39 Å². The number of nitrogens with zero attached hydrogens (tertiary/aromatic N) is 5. The molecule has 1 aliphatic heterocycles. The molecule has 0 spiro atoms. The lowest BCUT2D eigenvalue weighted by atomic mass is 9.84. The molecule has 0 bridgehead atoms. The van der Waals surface area contributed by atoms with Crippen LogP contribution in [0.1, 0.15) is 43.0 Å². The fourth-order valence-electron chi connectivity index (χ4n) is 5.12. The van der Waals surface area contributed by atoms with Crippen molar-refractivity contribution in [3.8, 4) is 22.5 Å². The van der Waals surface area contributed by atoms with Gasteiger partial charge in [0.1, 0.15) is 17.2 Å². The minimum Gasteiger partial charge on any atom is -0.323 e. The first-order chi connectivity index (χ1) is 17.7. The van der Waals surface area contributed by atoms with E-state index in [9.17, 15) is 0 Å². The summed E-state index contributed by atoms with van der Waals surface area (Å²) >= 11 is 0. The van der Waals surface area contributed by atoms with Crippen molar-refractivity contribution in [2.45, 2.75) is 45.7 Å². The molecule has 0 fully saturated rings. The quantitative estimate of drug-likeness (QED) is 0.332. The molecular formula is C30H31FN6. The van der Waals surface area contributed by atoms with E-state index >= 15 is 4.39 Å². The maximum atomic E-state index is 15.4. The van der Waals surface area contributed by atoms with Crippen molar-refractivity contribution in [1.29, 1.82) is 0 Å². The van der Waals surface area contributed by atoms with Gasteiger partial charge in [0.15, 0.2) is 5.65 Å². The Morgan fingerprint density at radius 2 is 1.89 bits per heavy atom. The van der Waals surface area contributed by atoms with Crippen LogP contribution < -0.4 is 0 Å². The molecular weight excluding hydrogens is 463 g/mol. The van der Waals surface area contributed by atoms with Crippen LogP contribution in [0.5, 0.6) is 0 Å². The number of aromatic amines is 1. The van der Waals surface area contributed by atoms with Crippen molar-refractivity contribution in [2.75, 3.05) is 6.54 Å². The smallest absolute Gasteiger partial charge is 0.158 e. The number of rotatable bonds is 4. The normalized spacial score (nSPS) is 14.3. The average Bonchev–Trinajstić information content (AvgIpc) is 3.50. The molecule has 0 amide bonds. The van der Waals surface area contributed by atoms with E-state index in [4.69, 9.17) is 4.98 Å². The molecule has 1 N–H and O–H groups in total. The summed E-state index contributed by atoms with van der Waals surface area (Å²) in [6, 6.07) is 14.2. The summed E-state index contributed by atoms with van der Waals surface area (Å²) in [5, 5.41) is 4.22. The number of halogens is 1. The first kappa shape index (κ1) is 23.6. The van der Waals surface area contributed by atoms with E-state index < -0.39 is 0 Å². The van der Waals surface area contributed by atoms with Crippen molar-refractivity contribution >= 4 is 11.2 Å². The summed E-state index contributed by atoms with van der Waals surface area (Å²) in [4.78, 5) is 14.8. The van der Waals surface area contributed by atoms with E-state index in [-0.39, 0.29) is 11.2 Å². The second kappa shape index (κ2) is 8.92. The molecule has 188 valence electrons. The van der Waals surface area contributed by atoms with Gasteiger partial charge in [0.05, 0.1) is 11.8 Å². The van der Waals surface area contributed by atoms with Crippen LogP contribution in [0.2, 0.25) is 0 Å². The Bertz CT molecular complexity index is 1610. The van der Waals surface area contributed by atoms with Gasteiger partial charge in [-0.25, -0.2) is 14.4 Å². The summed E-state index contributed by atoms with van der Waals surface area (Å²) < 4.78 is 17.1. The van der Waals surface area contributed by atoms with Crippen molar-refractivity contribution in [3.63, 3.8) is 0 Å². The molecule has 3 aromatic heterocycles. The summed E-state index contributed by atoms with van der Waals surface area (Å²) in [6.07, 6.45) is 6.37. The van der Waals surface area contributed by atoms with Gasteiger partial charge in [-0.05, 0) is 46.2 Å². The number of hydrogen-bond donors (Lipinski definition) is 1. The van der Waals surface area contributed by atoms with Crippen molar-refractivity contribution in [2.24, 2.45) is 7.05 Å². The van der Waals surface area contributed by atoms with Gasteiger partial charge in [-0.3, -0.25) is 9.58 Å².